The molecule has 40 heavy (non-hydrogen) atoms. The van der Waals surface area contributed by atoms with E-state index in [1.807, 2.05) is 24.3 Å². The molecule has 1 atom stereocenters. The highest BCUT2D eigenvalue weighted by molar-refractivity contribution is 6.04. The van der Waals surface area contributed by atoms with Crippen LogP contribution in [0.2, 0.25) is 0 Å². The first kappa shape index (κ1) is 27.1. The molecule has 0 saturated heterocycles. The summed E-state index contributed by atoms with van der Waals surface area (Å²) in [7, 11) is 1.30. The number of hydrogen-bond donors (Lipinski definition) is 2. The number of halogens is 1. The minimum Gasteiger partial charge on any atom is -0.465 e. The highest BCUT2D eigenvalue weighted by Gasteiger charge is 2.34. The van der Waals surface area contributed by atoms with Crippen LogP contribution < -0.4 is 10.2 Å². The Morgan fingerprint density at radius 3 is 2.38 bits per heavy atom. The Bertz CT molecular complexity index is 1490. The van der Waals surface area contributed by atoms with Gasteiger partial charge in [0.2, 0.25) is 11.8 Å². The zero-order chi connectivity index (χ0) is 28.1. The van der Waals surface area contributed by atoms with Gasteiger partial charge in [-0.3, -0.25) is 14.5 Å². The molecule has 1 fully saturated rings. The van der Waals surface area contributed by atoms with E-state index in [4.69, 9.17) is 4.74 Å². The quantitative estimate of drug-likeness (QED) is 0.274. The van der Waals surface area contributed by atoms with E-state index in [1.54, 1.807) is 30.5 Å². The smallest absolute Gasteiger partial charge is 0.337 e. The van der Waals surface area contributed by atoms with Gasteiger partial charge in [0.1, 0.15) is 11.9 Å². The van der Waals surface area contributed by atoms with Crippen molar-refractivity contribution >= 4 is 34.4 Å². The van der Waals surface area contributed by atoms with E-state index in [9.17, 15) is 18.8 Å². The number of carbonyl (C=O) groups is 3. The number of methoxy groups -OCH3 is 1. The minimum absolute atomic E-state index is 0.0106. The number of para-hydroxylation sites is 1. The maximum absolute atomic E-state index is 14.2. The Hall–Kier alpha value is -4.46. The number of rotatable bonds is 8. The van der Waals surface area contributed by atoms with Crippen LogP contribution in [0.3, 0.4) is 0 Å². The fourth-order valence-corrected chi connectivity index (χ4v) is 5.43. The Balaban J connectivity index is 1.57. The summed E-state index contributed by atoms with van der Waals surface area (Å²) in [5.74, 6) is -1.59. The monoisotopic (exact) mass is 541 g/mol. The third-order valence-electron chi connectivity index (χ3n) is 7.50. The summed E-state index contributed by atoms with van der Waals surface area (Å²) in [6, 6.07) is 18.7. The number of carbonyl (C=O) groups excluding carboxylic acids is 3. The van der Waals surface area contributed by atoms with Gasteiger partial charge in [-0.1, -0.05) is 49.6 Å². The first-order chi connectivity index (χ1) is 19.4. The van der Waals surface area contributed by atoms with Gasteiger partial charge in [-0.25, -0.2) is 9.18 Å². The van der Waals surface area contributed by atoms with Gasteiger partial charge in [-0.2, -0.15) is 0 Å². The van der Waals surface area contributed by atoms with Crippen LogP contribution in [-0.4, -0.2) is 35.9 Å². The molecule has 1 aliphatic carbocycles. The summed E-state index contributed by atoms with van der Waals surface area (Å²) >= 11 is 0. The lowest BCUT2D eigenvalue weighted by molar-refractivity contribution is -0.127. The molecule has 2 N–H and O–H groups in total. The van der Waals surface area contributed by atoms with Crippen molar-refractivity contribution in [2.24, 2.45) is 0 Å². The van der Waals surface area contributed by atoms with E-state index in [1.165, 1.54) is 36.3 Å². The van der Waals surface area contributed by atoms with E-state index in [0.29, 0.717) is 16.8 Å². The molecule has 1 saturated carbocycles. The molecule has 0 spiro atoms. The summed E-state index contributed by atoms with van der Waals surface area (Å²) < 4.78 is 18.8. The second kappa shape index (κ2) is 12.2. The zero-order valence-corrected chi connectivity index (χ0v) is 22.4. The summed E-state index contributed by atoms with van der Waals surface area (Å²) in [6.45, 7) is 0. The first-order valence-electron chi connectivity index (χ1n) is 13.6. The molecule has 8 heteroatoms. The molecule has 206 valence electrons. The number of aromatic nitrogens is 1. The SMILES string of the molecule is COC(=O)c1ccc(N(C(=O)Cc2c[nH]c3ccccc23)[C@@H](C(=O)NC2CCCCC2)c2ccc(F)cc2)cc1. The van der Waals surface area contributed by atoms with Crippen LogP contribution in [0.4, 0.5) is 10.1 Å². The lowest BCUT2D eigenvalue weighted by atomic mass is 9.94. The Kier molecular flexibility index (Phi) is 8.24. The third kappa shape index (κ3) is 5.91. The molecule has 4 aromatic rings. The minimum atomic E-state index is -1.05. The number of benzene rings is 3. The normalized spacial score (nSPS) is 14.4. The molecule has 2 amide bonds. The number of anilines is 1. The fraction of sp³-hybridized carbons (Fsp3) is 0.281. The number of amides is 2. The molecule has 1 aliphatic rings. The Labute approximate surface area is 232 Å². The van der Waals surface area contributed by atoms with Crippen molar-refractivity contribution in [3.8, 4) is 0 Å². The van der Waals surface area contributed by atoms with Crippen LogP contribution in [0.1, 0.15) is 59.6 Å². The highest BCUT2D eigenvalue weighted by Crippen LogP contribution is 2.31. The summed E-state index contributed by atoms with van der Waals surface area (Å²) in [4.78, 5) is 44.9. The predicted molar refractivity (Wildman–Crippen MR) is 151 cm³/mol. The van der Waals surface area contributed by atoms with E-state index in [0.717, 1.165) is 48.6 Å². The van der Waals surface area contributed by atoms with Gasteiger partial charge in [0.15, 0.2) is 0 Å². The largest absolute Gasteiger partial charge is 0.465 e. The molecular formula is C32H32FN3O4. The van der Waals surface area contributed by atoms with Gasteiger partial charge in [-0.05, 0) is 66.4 Å². The average molecular weight is 542 g/mol. The summed E-state index contributed by atoms with van der Waals surface area (Å²) in [5.41, 5.74) is 2.94. The van der Waals surface area contributed by atoms with E-state index < -0.39 is 17.8 Å². The van der Waals surface area contributed by atoms with E-state index >= 15 is 0 Å². The van der Waals surface area contributed by atoms with Crippen LogP contribution in [0.15, 0.2) is 79.0 Å². The van der Waals surface area contributed by atoms with Gasteiger partial charge in [0.25, 0.3) is 0 Å². The van der Waals surface area contributed by atoms with Gasteiger partial charge in [0, 0.05) is 28.8 Å². The number of aromatic amines is 1. The van der Waals surface area contributed by atoms with Crippen LogP contribution in [0, 0.1) is 5.82 Å². The summed E-state index contributed by atoms with van der Waals surface area (Å²) in [5, 5.41) is 4.08. The standard InChI is InChI=1S/C32H32FN3O4/c1-40-32(39)22-13-17-26(18-14-22)36(29(37)19-23-20-34-28-10-6-5-9-27(23)28)30(21-11-15-24(33)16-12-21)31(38)35-25-7-3-2-4-8-25/h5-6,9-18,20,25,30,34H,2-4,7-8,19H2,1H3,(H,35,38)/t30-/m1/s1. The highest BCUT2D eigenvalue weighted by atomic mass is 19.1. The van der Waals surface area contributed by atoms with E-state index in [2.05, 4.69) is 10.3 Å². The Morgan fingerprint density at radius 2 is 1.68 bits per heavy atom. The summed E-state index contributed by atoms with van der Waals surface area (Å²) in [6.07, 6.45) is 6.77. The second-order valence-corrected chi connectivity index (χ2v) is 10.1. The third-order valence-corrected chi connectivity index (χ3v) is 7.50. The topological polar surface area (TPSA) is 91.5 Å². The maximum Gasteiger partial charge on any atom is 0.337 e. The van der Waals surface area contributed by atoms with Crippen molar-refractivity contribution in [3.05, 3.63) is 102 Å². The van der Waals surface area contributed by atoms with Crippen LogP contribution >= 0.6 is 0 Å². The molecule has 0 aliphatic heterocycles. The van der Waals surface area contributed by atoms with Crippen LogP contribution in [0.5, 0.6) is 0 Å². The first-order valence-corrected chi connectivity index (χ1v) is 13.6. The maximum atomic E-state index is 14.2. The van der Waals surface area contributed by atoms with Crippen molar-refractivity contribution in [3.63, 3.8) is 0 Å². The van der Waals surface area contributed by atoms with Crippen molar-refractivity contribution in [2.45, 2.75) is 50.6 Å². The fourth-order valence-electron chi connectivity index (χ4n) is 5.43. The van der Waals surface area contributed by atoms with Crippen molar-refractivity contribution in [2.75, 3.05) is 12.0 Å². The molecule has 1 aromatic heterocycles. The number of hydrogen-bond acceptors (Lipinski definition) is 4. The van der Waals surface area contributed by atoms with Crippen molar-refractivity contribution in [1.82, 2.24) is 10.3 Å². The number of esters is 1. The molecule has 0 radical (unpaired) electrons. The number of H-pyrrole nitrogens is 1. The average Bonchev–Trinajstić information content (AvgIpc) is 3.39. The van der Waals surface area contributed by atoms with E-state index in [-0.39, 0.29) is 24.3 Å². The van der Waals surface area contributed by atoms with Crippen LogP contribution in [0.25, 0.3) is 10.9 Å². The van der Waals surface area contributed by atoms with Crippen LogP contribution in [-0.2, 0) is 20.7 Å². The molecule has 0 unspecified atom stereocenters. The number of nitrogens with zero attached hydrogens (tertiary/aromatic N) is 1. The molecule has 7 nitrogen and oxygen atoms in total. The lowest BCUT2D eigenvalue weighted by Crippen LogP contribution is -2.47. The Morgan fingerprint density at radius 1 is 0.975 bits per heavy atom. The second-order valence-electron chi connectivity index (χ2n) is 10.1. The molecule has 1 heterocycles. The number of nitrogens with one attached hydrogen (secondary N) is 2. The zero-order valence-electron chi connectivity index (χ0n) is 22.4. The van der Waals surface area contributed by atoms with Gasteiger partial charge in [-0.15, -0.1) is 0 Å². The number of ether oxygens (including phenoxy) is 1. The lowest BCUT2D eigenvalue weighted by Gasteiger charge is -2.33. The van der Waals surface area contributed by atoms with Gasteiger partial charge >= 0.3 is 5.97 Å². The van der Waals surface area contributed by atoms with Crippen molar-refractivity contribution < 1.29 is 23.5 Å². The van der Waals surface area contributed by atoms with Gasteiger partial charge < -0.3 is 15.0 Å². The molecular weight excluding hydrogens is 509 g/mol. The number of fused-ring (bicyclic) bond motifs is 1. The van der Waals surface area contributed by atoms with Gasteiger partial charge in [0.05, 0.1) is 19.1 Å². The molecule has 5 rings (SSSR count). The predicted octanol–water partition coefficient (Wildman–Crippen LogP) is 5.86. The molecule has 0 bridgehead atoms. The van der Waals surface area contributed by atoms with Crippen molar-refractivity contribution in [1.29, 1.82) is 0 Å². The molecule has 3 aromatic carbocycles.